The Bertz CT molecular complexity index is 372. The quantitative estimate of drug-likeness (QED) is 0.855. The van der Waals surface area contributed by atoms with Gasteiger partial charge in [-0.15, -0.1) is 0 Å². The van der Waals surface area contributed by atoms with Crippen molar-refractivity contribution in [3.8, 4) is 0 Å². The van der Waals surface area contributed by atoms with Gasteiger partial charge < -0.3 is 10.6 Å². The molecule has 1 aliphatic heterocycles. The summed E-state index contributed by atoms with van der Waals surface area (Å²) in [6, 6.07) is 7.73. The Morgan fingerprint density at radius 3 is 2.82 bits per heavy atom. The summed E-state index contributed by atoms with van der Waals surface area (Å²) in [4.78, 5) is 11.7. The zero-order valence-electron chi connectivity index (χ0n) is 9.71. The lowest BCUT2D eigenvalue weighted by molar-refractivity contribution is -0.124. The predicted molar refractivity (Wildman–Crippen MR) is 69.1 cm³/mol. The van der Waals surface area contributed by atoms with Crippen LogP contribution in [0.4, 0.5) is 0 Å². The molecule has 0 bridgehead atoms. The molecule has 1 amide bonds. The topological polar surface area (TPSA) is 41.1 Å². The van der Waals surface area contributed by atoms with E-state index in [-0.39, 0.29) is 11.8 Å². The van der Waals surface area contributed by atoms with Crippen molar-refractivity contribution in [3.05, 3.63) is 34.9 Å². The average molecular weight is 253 g/mol. The van der Waals surface area contributed by atoms with Crippen molar-refractivity contribution in [2.45, 2.75) is 12.8 Å². The molecule has 1 atom stereocenters. The number of amides is 1. The number of rotatable bonds is 4. The number of hydrogen-bond acceptors (Lipinski definition) is 2. The van der Waals surface area contributed by atoms with E-state index in [0.717, 1.165) is 31.0 Å². The Kier molecular flexibility index (Phi) is 4.40. The van der Waals surface area contributed by atoms with Crippen molar-refractivity contribution in [2.75, 3.05) is 19.6 Å². The van der Waals surface area contributed by atoms with Crippen LogP contribution in [0.1, 0.15) is 12.0 Å². The highest BCUT2D eigenvalue weighted by Crippen LogP contribution is 2.10. The van der Waals surface area contributed by atoms with Crippen molar-refractivity contribution in [1.29, 1.82) is 0 Å². The zero-order valence-corrected chi connectivity index (χ0v) is 10.5. The molecule has 0 aliphatic carbocycles. The summed E-state index contributed by atoms with van der Waals surface area (Å²) in [5.41, 5.74) is 1.19. The Morgan fingerprint density at radius 2 is 2.18 bits per heavy atom. The minimum absolute atomic E-state index is 0.153. The van der Waals surface area contributed by atoms with E-state index < -0.39 is 0 Å². The van der Waals surface area contributed by atoms with Crippen molar-refractivity contribution in [3.63, 3.8) is 0 Å². The van der Waals surface area contributed by atoms with Gasteiger partial charge in [0.15, 0.2) is 0 Å². The van der Waals surface area contributed by atoms with Gasteiger partial charge in [-0.05, 0) is 37.1 Å². The van der Waals surface area contributed by atoms with Gasteiger partial charge in [0, 0.05) is 18.1 Å². The number of carbonyl (C=O) groups is 1. The molecule has 1 fully saturated rings. The molecular weight excluding hydrogens is 236 g/mol. The van der Waals surface area contributed by atoms with Crippen LogP contribution in [0.25, 0.3) is 0 Å². The van der Waals surface area contributed by atoms with Crippen molar-refractivity contribution < 1.29 is 4.79 Å². The van der Waals surface area contributed by atoms with Gasteiger partial charge in [0.2, 0.25) is 5.91 Å². The van der Waals surface area contributed by atoms with Crippen LogP contribution in [-0.4, -0.2) is 25.5 Å². The molecule has 1 aromatic carbocycles. The summed E-state index contributed by atoms with van der Waals surface area (Å²) in [7, 11) is 0. The fourth-order valence-electron chi connectivity index (χ4n) is 2.00. The molecule has 1 heterocycles. The number of hydrogen-bond donors (Lipinski definition) is 2. The first kappa shape index (κ1) is 12.4. The van der Waals surface area contributed by atoms with E-state index in [1.807, 2.05) is 24.3 Å². The van der Waals surface area contributed by atoms with Gasteiger partial charge in [-0.3, -0.25) is 4.79 Å². The minimum Gasteiger partial charge on any atom is -0.355 e. The summed E-state index contributed by atoms with van der Waals surface area (Å²) in [5.74, 6) is 0.323. The second-order valence-corrected chi connectivity index (χ2v) is 4.79. The molecule has 1 aliphatic rings. The fourth-order valence-corrected chi connectivity index (χ4v) is 2.13. The van der Waals surface area contributed by atoms with E-state index in [1.165, 1.54) is 5.56 Å². The van der Waals surface area contributed by atoms with Gasteiger partial charge in [0.1, 0.15) is 0 Å². The van der Waals surface area contributed by atoms with E-state index in [4.69, 9.17) is 11.6 Å². The summed E-state index contributed by atoms with van der Waals surface area (Å²) >= 11 is 5.81. The Labute approximate surface area is 107 Å². The molecule has 1 aromatic rings. The Balaban J connectivity index is 1.72. The molecule has 2 N–H and O–H groups in total. The standard InChI is InChI=1S/C13H17ClN2O/c14-12-3-1-10(2-4-12)5-8-16-13(17)11-6-7-15-9-11/h1-4,11,15H,5-9H2,(H,16,17). The zero-order chi connectivity index (χ0) is 12.1. The molecule has 0 radical (unpaired) electrons. The third-order valence-electron chi connectivity index (χ3n) is 3.06. The van der Waals surface area contributed by atoms with Crippen LogP contribution >= 0.6 is 11.6 Å². The molecular formula is C13H17ClN2O. The van der Waals surface area contributed by atoms with E-state index in [1.54, 1.807) is 0 Å². The van der Waals surface area contributed by atoms with Gasteiger partial charge >= 0.3 is 0 Å². The number of benzene rings is 1. The van der Waals surface area contributed by atoms with Gasteiger partial charge in [0.25, 0.3) is 0 Å². The second kappa shape index (κ2) is 6.03. The monoisotopic (exact) mass is 252 g/mol. The highest BCUT2D eigenvalue weighted by Gasteiger charge is 2.21. The van der Waals surface area contributed by atoms with Crippen LogP contribution in [0.2, 0.25) is 5.02 Å². The maximum Gasteiger partial charge on any atom is 0.224 e. The predicted octanol–water partition coefficient (Wildman–Crippen LogP) is 1.61. The highest BCUT2D eigenvalue weighted by atomic mass is 35.5. The molecule has 0 aromatic heterocycles. The van der Waals surface area contributed by atoms with Crippen LogP contribution < -0.4 is 10.6 Å². The fraction of sp³-hybridized carbons (Fsp3) is 0.462. The second-order valence-electron chi connectivity index (χ2n) is 4.36. The largest absolute Gasteiger partial charge is 0.355 e. The first-order valence-corrected chi connectivity index (χ1v) is 6.36. The van der Waals surface area contributed by atoms with E-state index in [2.05, 4.69) is 10.6 Å². The number of nitrogens with one attached hydrogen (secondary N) is 2. The van der Waals surface area contributed by atoms with Crippen LogP contribution in [0.3, 0.4) is 0 Å². The lowest BCUT2D eigenvalue weighted by Gasteiger charge is -2.09. The number of halogens is 1. The maximum atomic E-state index is 11.7. The normalized spacial score (nSPS) is 19.2. The van der Waals surface area contributed by atoms with Crippen molar-refractivity contribution in [2.24, 2.45) is 5.92 Å². The average Bonchev–Trinajstić information content (AvgIpc) is 2.85. The summed E-state index contributed by atoms with van der Waals surface area (Å²) in [5, 5.41) is 6.91. The summed E-state index contributed by atoms with van der Waals surface area (Å²) < 4.78 is 0. The molecule has 2 rings (SSSR count). The van der Waals surface area contributed by atoms with Crippen LogP contribution in [-0.2, 0) is 11.2 Å². The van der Waals surface area contributed by atoms with E-state index in [9.17, 15) is 4.79 Å². The summed E-state index contributed by atoms with van der Waals surface area (Å²) in [6.07, 6.45) is 1.80. The molecule has 1 unspecified atom stereocenters. The van der Waals surface area contributed by atoms with Crippen molar-refractivity contribution in [1.82, 2.24) is 10.6 Å². The van der Waals surface area contributed by atoms with Gasteiger partial charge in [0.05, 0.1) is 5.92 Å². The lowest BCUT2D eigenvalue weighted by atomic mass is 10.1. The van der Waals surface area contributed by atoms with Gasteiger partial charge in [-0.2, -0.15) is 0 Å². The Hall–Kier alpha value is -1.06. The lowest BCUT2D eigenvalue weighted by Crippen LogP contribution is -2.33. The van der Waals surface area contributed by atoms with Crippen LogP contribution in [0, 0.1) is 5.92 Å². The Morgan fingerprint density at radius 1 is 1.41 bits per heavy atom. The van der Waals surface area contributed by atoms with Gasteiger partial charge in [-0.1, -0.05) is 23.7 Å². The van der Waals surface area contributed by atoms with Crippen molar-refractivity contribution >= 4 is 17.5 Å². The van der Waals surface area contributed by atoms with E-state index >= 15 is 0 Å². The number of carbonyl (C=O) groups excluding carboxylic acids is 1. The van der Waals surface area contributed by atoms with Gasteiger partial charge in [-0.25, -0.2) is 0 Å². The maximum absolute atomic E-state index is 11.7. The third-order valence-corrected chi connectivity index (χ3v) is 3.31. The summed E-state index contributed by atoms with van der Waals surface area (Å²) in [6.45, 7) is 2.46. The molecule has 0 spiro atoms. The highest BCUT2D eigenvalue weighted by molar-refractivity contribution is 6.30. The molecule has 92 valence electrons. The SMILES string of the molecule is O=C(NCCc1ccc(Cl)cc1)C1CCNC1. The van der Waals surface area contributed by atoms with Crippen LogP contribution in [0.15, 0.2) is 24.3 Å². The minimum atomic E-state index is 0.153. The molecule has 0 saturated carbocycles. The first-order valence-electron chi connectivity index (χ1n) is 5.98. The molecule has 4 heteroatoms. The third kappa shape index (κ3) is 3.72. The smallest absolute Gasteiger partial charge is 0.224 e. The molecule has 3 nitrogen and oxygen atoms in total. The van der Waals surface area contributed by atoms with Crippen LogP contribution in [0.5, 0.6) is 0 Å². The molecule has 17 heavy (non-hydrogen) atoms. The first-order chi connectivity index (χ1) is 8.25. The molecule has 1 saturated heterocycles. The van der Waals surface area contributed by atoms with E-state index in [0.29, 0.717) is 6.54 Å².